The molecule has 0 aliphatic carbocycles. The number of nitrogen functional groups attached to an aromatic ring is 1. The van der Waals surface area contributed by atoms with Gasteiger partial charge in [0.1, 0.15) is 0 Å². The number of Topliss-reactive ketones (excluding diaryl/α,β-unsaturated/α-hetero) is 1. The number of hydrogen-bond acceptors (Lipinski definition) is 4. The molecule has 1 heterocycles. The van der Waals surface area contributed by atoms with E-state index in [0.717, 1.165) is 4.88 Å². The lowest BCUT2D eigenvalue weighted by molar-refractivity contribution is 0.0941. The van der Waals surface area contributed by atoms with Gasteiger partial charge in [0.2, 0.25) is 0 Å². The minimum atomic E-state index is -0.298. The fraction of sp³-hybridized carbons (Fsp3) is 0.400. The van der Waals surface area contributed by atoms with Crippen LogP contribution in [0.2, 0.25) is 0 Å². The van der Waals surface area contributed by atoms with E-state index in [1.807, 2.05) is 0 Å². The molecule has 0 saturated heterocycles. The second-order valence-corrected chi connectivity index (χ2v) is 4.38. The Morgan fingerprint density at radius 3 is 2.47 bits per heavy atom. The molecule has 0 bridgehead atoms. The number of thiophene rings is 1. The molecule has 82 valence electrons. The monoisotopic (exact) mass is 226 g/mol. The largest absolute Gasteiger partial charge is 0.390 e. The Balaban J connectivity index is 3.35. The number of rotatable bonds is 3. The first-order valence-corrected chi connectivity index (χ1v) is 5.48. The molecule has 1 aromatic rings. The van der Waals surface area contributed by atoms with E-state index in [0.29, 0.717) is 22.5 Å². The molecule has 3 N–H and O–H groups in total. The summed E-state index contributed by atoms with van der Waals surface area (Å²) in [6.07, 6.45) is 0.376. The Labute approximate surface area is 92.5 Å². The van der Waals surface area contributed by atoms with Crippen molar-refractivity contribution >= 4 is 28.0 Å². The van der Waals surface area contributed by atoms with Crippen LogP contribution < -0.4 is 11.1 Å². The van der Waals surface area contributed by atoms with E-state index in [2.05, 4.69) is 5.32 Å². The summed E-state index contributed by atoms with van der Waals surface area (Å²) in [6.45, 7) is 3.57. The molecule has 0 saturated carbocycles. The molecule has 0 spiro atoms. The average Bonchev–Trinajstić information content (AvgIpc) is 2.51. The number of nitrogens with two attached hydrogens (primary N) is 1. The molecule has 0 aliphatic rings. The second-order valence-electron chi connectivity index (χ2n) is 3.13. The number of aryl methyl sites for hydroxylation is 1. The molecule has 15 heavy (non-hydrogen) atoms. The zero-order chi connectivity index (χ0) is 11.6. The van der Waals surface area contributed by atoms with E-state index < -0.39 is 0 Å². The molecule has 0 atom stereocenters. The molecular formula is C10H14N2O2S. The van der Waals surface area contributed by atoms with Gasteiger partial charge in [0.15, 0.2) is 5.78 Å². The number of carbonyl (C=O) groups is 2. The van der Waals surface area contributed by atoms with Gasteiger partial charge in [0.25, 0.3) is 5.91 Å². The van der Waals surface area contributed by atoms with Gasteiger partial charge in [-0.2, -0.15) is 0 Å². The number of anilines is 1. The predicted octanol–water partition coefficient (Wildman–Crippen LogP) is 1.59. The van der Waals surface area contributed by atoms with Gasteiger partial charge in [-0.3, -0.25) is 9.59 Å². The summed E-state index contributed by atoms with van der Waals surface area (Å²) in [6, 6.07) is 0. The maximum Gasteiger partial charge on any atom is 0.254 e. The Kier molecular flexibility index (Phi) is 3.47. The summed E-state index contributed by atoms with van der Waals surface area (Å²) in [5.74, 6) is -0.340. The maximum atomic E-state index is 11.7. The Hall–Kier alpha value is -1.36. The van der Waals surface area contributed by atoms with Crippen LogP contribution in [0.15, 0.2) is 0 Å². The summed E-state index contributed by atoms with van der Waals surface area (Å²) >= 11 is 1.28. The van der Waals surface area contributed by atoms with Gasteiger partial charge in [-0.05, 0) is 6.92 Å². The van der Waals surface area contributed by atoms with Crippen LogP contribution in [0.1, 0.15) is 38.9 Å². The van der Waals surface area contributed by atoms with E-state index in [1.165, 1.54) is 18.4 Å². The third kappa shape index (κ3) is 2.02. The van der Waals surface area contributed by atoms with Crippen molar-refractivity contribution in [1.29, 1.82) is 0 Å². The molecule has 1 aromatic heterocycles. The summed E-state index contributed by atoms with van der Waals surface area (Å²) in [5, 5.41) is 2.90. The van der Waals surface area contributed by atoms with Crippen molar-refractivity contribution in [1.82, 2.24) is 5.32 Å². The van der Waals surface area contributed by atoms with E-state index >= 15 is 0 Å². The first kappa shape index (κ1) is 11.7. The number of carbonyl (C=O) groups excluding carboxylic acids is 2. The molecule has 0 unspecified atom stereocenters. The highest BCUT2D eigenvalue weighted by atomic mass is 32.1. The minimum absolute atomic E-state index is 0.0425. The fourth-order valence-corrected chi connectivity index (χ4v) is 2.37. The van der Waals surface area contributed by atoms with Gasteiger partial charge in [-0.25, -0.2) is 0 Å². The highest BCUT2D eigenvalue weighted by Crippen LogP contribution is 2.31. The zero-order valence-corrected chi connectivity index (χ0v) is 9.83. The topological polar surface area (TPSA) is 72.2 Å². The van der Waals surface area contributed by atoms with Crippen molar-refractivity contribution in [3.63, 3.8) is 0 Å². The summed E-state index contributed by atoms with van der Waals surface area (Å²) in [5.41, 5.74) is 6.51. The molecule has 0 aliphatic heterocycles. The normalized spacial score (nSPS) is 10.1. The molecule has 4 nitrogen and oxygen atoms in total. The summed E-state index contributed by atoms with van der Waals surface area (Å²) in [7, 11) is 1.52. The highest BCUT2D eigenvalue weighted by molar-refractivity contribution is 7.16. The summed E-state index contributed by atoms with van der Waals surface area (Å²) < 4.78 is 0. The number of ketones is 1. The molecule has 1 rings (SSSR count). The molecule has 0 fully saturated rings. The van der Waals surface area contributed by atoms with Gasteiger partial charge in [0, 0.05) is 23.9 Å². The van der Waals surface area contributed by atoms with Crippen molar-refractivity contribution < 1.29 is 9.59 Å². The van der Waals surface area contributed by atoms with Crippen LogP contribution in [0.5, 0.6) is 0 Å². The molecule has 5 heteroatoms. The van der Waals surface area contributed by atoms with Crippen LogP contribution >= 0.6 is 11.3 Å². The van der Waals surface area contributed by atoms with Crippen LogP contribution in [0, 0.1) is 6.92 Å². The minimum Gasteiger partial charge on any atom is -0.390 e. The lowest BCUT2D eigenvalue weighted by atomic mass is 10.0. The van der Waals surface area contributed by atoms with E-state index in [4.69, 9.17) is 5.73 Å². The van der Waals surface area contributed by atoms with E-state index in [1.54, 1.807) is 13.8 Å². The summed E-state index contributed by atoms with van der Waals surface area (Å²) in [4.78, 5) is 24.0. The molecular weight excluding hydrogens is 212 g/mol. The van der Waals surface area contributed by atoms with Crippen molar-refractivity contribution in [2.24, 2.45) is 0 Å². The molecule has 0 radical (unpaired) electrons. The predicted molar refractivity (Wildman–Crippen MR) is 61.5 cm³/mol. The SMILES string of the molecule is CCC(=O)c1c(C)sc(N)c1C(=O)NC. The van der Waals surface area contributed by atoms with Gasteiger partial charge in [0.05, 0.1) is 10.6 Å². The lowest BCUT2D eigenvalue weighted by Crippen LogP contribution is -2.21. The Bertz CT molecular complexity index is 373. The van der Waals surface area contributed by atoms with Gasteiger partial charge < -0.3 is 11.1 Å². The van der Waals surface area contributed by atoms with Crippen molar-refractivity contribution in [2.45, 2.75) is 20.3 Å². The Morgan fingerprint density at radius 1 is 1.40 bits per heavy atom. The van der Waals surface area contributed by atoms with Crippen molar-refractivity contribution in [3.05, 3.63) is 16.0 Å². The van der Waals surface area contributed by atoms with Gasteiger partial charge >= 0.3 is 0 Å². The van der Waals surface area contributed by atoms with E-state index in [9.17, 15) is 9.59 Å². The van der Waals surface area contributed by atoms with Crippen LogP contribution in [-0.2, 0) is 0 Å². The zero-order valence-electron chi connectivity index (χ0n) is 9.01. The third-order valence-electron chi connectivity index (χ3n) is 2.17. The van der Waals surface area contributed by atoms with Crippen molar-refractivity contribution in [3.8, 4) is 0 Å². The van der Waals surface area contributed by atoms with Crippen LogP contribution in [-0.4, -0.2) is 18.7 Å². The first-order chi connectivity index (χ1) is 7.02. The smallest absolute Gasteiger partial charge is 0.254 e. The third-order valence-corrected chi connectivity index (χ3v) is 3.10. The van der Waals surface area contributed by atoms with Crippen LogP contribution in [0.3, 0.4) is 0 Å². The van der Waals surface area contributed by atoms with Crippen LogP contribution in [0.25, 0.3) is 0 Å². The van der Waals surface area contributed by atoms with Gasteiger partial charge in [-0.15, -0.1) is 11.3 Å². The van der Waals surface area contributed by atoms with Crippen LogP contribution in [0.4, 0.5) is 5.00 Å². The maximum absolute atomic E-state index is 11.7. The van der Waals surface area contributed by atoms with Crippen molar-refractivity contribution in [2.75, 3.05) is 12.8 Å². The average molecular weight is 226 g/mol. The first-order valence-electron chi connectivity index (χ1n) is 4.67. The molecule has 0 aromatic carbocycles. The molecule has 1 amide bonds. The quantitative estimate of drug-likeness (QED) is 0.769. The highest BCUT2D eigenvalue weighted by Gasteiger charge is 2.23. The standard InChI is InChI=1S/C10H14N2O2S/c1-4-6(13)7-5(2)15-9(11)8(7)10(14)12-3/h4,11H2,1-3H3,(H,12,14). The van der Waals surface area contributed by atoms with E-state index in [-0.39, 0.29) is 11.7 Å². The number of amides is 1. The fourth-order valence-electron chi connectivity index (χ4n) is 1.43. The lowest BCUT2D eigenvalue weighted by Gasteiger charge is -2.02. The Morgan fingerprint density at radius 2 is 2.00 bits per heavy atom. The van der Waals surface area contributed by atoms with Gasteiger partial charge in [-0.1, -0.05) is 6.92 Å². The second kappa shape index (κ2) is 4.44. The number of nitrogens with one attached hydrogen (secondary N) is 1. The number of hydrogen-bond donors (Lipinski definition) is 2.